The molecule has 0 aromatic carbocycles. The molecule has 0 bridgehead atoms. The second-order valence-corrected chi connectivity index (χ2v) is 1.11. The molecule has 0 saturated carbocycles. The zero-order valence-electron chi connectivity index (χ0n) is 4.60. The van der Waals surface area contributed by atoms with Gasteiger partial charge in [-0.25, -0.2) is 4.79 Å². The number of rotatable bonds is 1. The van der Waals surface area contributed by atoms with Gasteiger partial charge in [0.15, 0.2) is 0 Å². The normalized spacial score (nSPS) is 7.00. The fourth-order valence-corrected chi connectivity index (χ4v) is 0.182. The third-order valence-corrected chi connectivity index (χ3v) is 0.606. The Balaban J connectivity index is 3.89. The van der Waals surface area contributed by atoms with Crippen molar-refractivity contribution in [2.75, 3.05) is 7.11 Å². The van der Waals surface area contributed by atoms with E-state index in [1.165, 1.54) is 7.11 Å². The number of methoxy groups -OCH3 is 1. The molecule has 2 nitrogen and oxygen atoms in total. The summed E-state index contributed by atoms with van der Waals surface area (Å²) < 4.78 is 4.22. The fourth-order valence-electron chi connectivity index (χ4n) is 0.182. The number of esters is 1. The Morgan fingerprint density at radius 3 is 2.50 bits per heavy atom. The molecule has 8 heavy (non-hydrogen) atoms. The molecule has 0 atom stereocenters. The zero-order valence-corrected chi connectivity index (χ0v) is 4.60. The lowest BCUT2D eigenvalue weighted by Crippen LogP contribution is -2.00. The Kier molecular flexibility index (Phi) is 2.42. The molecule has 0 saturated heterocycles. The highest BCUT2D eigenvalue weighted by Gasteiger charge is 1.99. The second kappa shape index (κ2) is 2.86. The molecule has 0 radical (unpaired) electrons. The van der Waals surface area contributed by atoms with Crippen LogP contribution in [0.3, 0.4) is 0 Å². The number of ether oxygens (including phenoxy) is 1. The molecular formula is C6H6O2. The molecule has 0 rings (SSSR count). The van der Waals surface area contributed by atoms with Crippen molar-refractivity contribution in [1.82, 2.24) is 0 Å². The molecule has 42 valence electrons. The third-order valence-electron chi connectivity index (χ3n) is 0.606. The molecule has 2 heteroatoms. The highest BCUT2D eigenvalue weighted by Crippen LogP contribution is 1.87. The van der Waals surface area contributed by atoms with Gasteiger partial charge in [-0.3, -0.25) is 0 Å². The van der Waals surface area contributed by atoms with E-state index in [0.717, 1.165) is 0 Å². The Morgan fingerprint density at radius 1 is 1.88 bits per heavy atom. The van der Waals surface area contributed by atoms with Crippen molar-refractivity contribution >= 4 is 5.97 Å². The maximum Gasteiger partial charge on any atom is 0.345 e. The number of hydrogen-bond acceptors (Lipinski definition) is 2. The van der Waals surface area contributed by atoms with Gasteiger partial charge in [-0.05, 0) is 0 Å². The summed E-state index contributed by atoms with van der Waals surface area (Å²) in [5.74, 6) is 1.50. The van der Waals surface area contributed by atoms with E-state index < -0.39 is 5.97 Å². The summed E-state index contributed by atoms with van der Waals surface area (Å²) in [4.78, 5) is 10.3. The van der Waals surface area contributed by atoms with Gasteiger partial charge in [0.2, 0.25) is 0 Å². The third kappa shape index (κ3) is 1.48. The van der Waals surface area contributed by atoms with Crippen molar-refractivity contribution in [3.8, 4) is 12.3 Å². The summed E-state index contributed by atoms with van der Waals surface area (Å²) in [6.07, 6.45) is 4.80. The first kappa shape index (κ1) is 6.77. The first-order valence-corrected chi connectivity index (χ1v) is 1.96. The van der Waals surface area contributed by atoms with Gasteiger partial charge in [0.05, 0.1) is 7.11 Å². The van der Waals surface area contributed by atoms with E-state index in [1.807, 2.05) is 5.92 Å². The van der Waals surface area contributed by atoms with Gasteiger partial charge in [-0.2, -0.15) is 0 Å². The van der Waals surface area contributed by atoms with Gasteiger partial charge in [0, 0.05) is 0 Å². The summed E-state index contributed by atoms with van der Waals surface area (Å²) in [5, 5.41) is 0. The highest BCUT2D eigenvalue weighted by atomic mass is 16.5. The van der Waals surface area contributed by atoms with Crippen molar-refractivity contribution in [3.63, 3.8) is 0 Å². The lowest BCUT2D eigenvalue weighted by atomic mass is 10.3. The van der Waals surface area contributed by atoms with Gasteiger partial charge >= 0.3 is 5.97 Å². The Morgan fingerprint density at radius 2 is 2.38 bits per heavy atom. The molecule has 0 amide bonds. The van der Waals surface area contributed by atoms with E-state index in [9.17, 15) is 4.79 Å². The predicted octanol–water partition coefficient (Wildman–Crippen LogP) is 0.349. The molecule has 0 aliphatic rings. The summed E-state index contributed by atoms with van der Waals surface area (Å²) in [6, 6.07) is 0. The molecule has 0 aliphatic heterocycles. The summed E-state index contributed by atoms with van der Waals surface area (Å²) >= 11 is 0. The average Bonchev–Trinajstić information content (AvgIpc) is 1.84. The van der Waals surface area contributed by atoms with E-state index in [4.69, 9.17) is 6.42 Å². The van der Waals surface area contributed by atoms with Crippen LogP contribution in [0.1, 0.15) is 0 Å². The second-order valence-electron chi connectivity index (χ2n) is 1.11. The molecule has 0 unspecified atom stereocenters. The monoisotopic (exact) mass is 110 g/mol. The maximum absolute atomic E-state index is 10.3. The van der Waals surface area contributed by atoms with E-state index in [-0.39, 0.29) is 5.57 Å². The van der Waals surface area contributed by atoms with Crippen molar-refractivity contribution in [2.24, 2.45) is 0 Å². The average molecular weight is 110 g/mol. The summed E-state index contributed by atoms with van der Waals surface area (Å²) in [6.45, 7) is 3.23. The summed E-state index contributed by atoms with van der Waals surface area (Å²) in [7, 11) is 1.25. The molecule has 0 fully saturated rings. The maximum atomic E-state index is 10.3. The first-order valence-electron chi connectivity index (χ1n) is 1.96. The molecule has 0 spiro atoms. The van der Waals surface area contributed by atoms with Crippen LogP contribution in [-0.4, -0.2) is 13.1 Å². The Bertz CT molecular complexity index is 150. The van der Waals surface area contributed by atoms with Crippen molar-refractivity contribution in [3.05, 3.63) is 12.2 Å². The van der Waals surface area contributed by atoms with E-state index in [2.05, 4.69) is 11.3 Å². The van der Waals surface area contributed by atoms with Crippen LogP contribution in [0.4, 0.5) is 0 Å². The minimum atomic E-state index is -0.549. The van der Waals surface area contributed by atoms with Crippen LogP contribution >= 0.6 is 0 Å². The molecular weight excluding hydrogens is 104 g/mol. The quantitative estimate of drug-likeness (QED) is 0.276. The van der Waals surface area contributed by atoms with Crippen molar-refractivity contribution < 1.29 is 9.53 Å². The van der Waals surface area contributed by atoms with Crippen LogP contribution < -0.4 is 0 Å². The van der Waals surface area contributed by atoms with Crippen molar-refractivity contribution in [2.45, 2.75) is 0 Å². The SMILES string of the molecule is C#CC(=C)C(=O)OC. The molecule has 0 aromatic heterocycles. The van der Waals surface area contributed by atoms with Gasteiger partial charge < -0.3 is 4.74 Å². The minimum absolute atomic E-state index is 0.0486. The largest absolute Gasteiger partial charge is 0.465 e. The standard InChI is InChI=1S/C6H6O2/c1-4-5(2)6(7)8-3/h1H,2H2,3H3. The van der Waals surface area contributed by atoms with Crippen molar-refractivity contribution in [1.29, 1.82) is 0 Å². The van der Waals surface area contributed by atoms with Crippen LogP contribution in [-0.2, 0) is 9.53 Å². The Labute approximate surface area is 48.1 Å². The fraction of sp³-hybridized carbons (Fsp3) is 0.167. The van der Waals surface area contributed by atoms with Crippen LogP contribution in [0.5, 0.6) is 0 Å². The predicted molar refractivity (Wildman–Crippen MR) is 30.0 cm³/mol. The van der Waals surface area contributed by atoms with Gasteiger partial charge in [0.1, 0.15) is 5.57 Å². The number of carbonyl (C=O) groups excluding carboxylic acids is 1. The minimum Gasteiger partial charge on any atom is -0.465 e. The summed E-state index contributed by atoms with van der Waals surface area (Å²) in [5.41, 5.74) is 0.0486. The number of carbonyl (C=O) groups is 1. The van der Waals surface area contributed by atoms with Gasteiger partial charge in [-0.1, -0.05) is 12.5 Å². The topological polar surface area (TPSA) is 26.3 Å². The number of hydrogen-bond donors (Lipinski definition) is 0. The van der Waals surface area contributed by atoms with E-state index in [0.29, 0.717) is 0 Å². The first-order chi connectivity index (χ1) is 3.72. The van der Waals surface area contributed by atoms with Crippen LogP contribution in [0.15, 0.2) is 12.2 Å². The van der Waals surface area contributed by atoms with Gasteiger partial charge in [-0.15, -0.1) is 6.42 Å². The van der Waals surface area contributed by atoms with E-state index in [1.54, 1.807) is 0 Å². The van der Waals surface area contributed by atoms with Crippen LogP contribution in [0.2, 0.25) is 0 Å². The smallest absolute Gasteiger partial charge is 0.345 e. The molecule has 0 aromatic rings. The Hall–Kier alpha value is -1.23. The van der Waals surface area contributed by atoms with Gasteiger partial charge in [0.25, 0.3) is 0 Å². The van der Waals surface area contributed by atoms with E-state index >= 15 is 0 Å². The number of terminal acetylenes is 1. The highest BCUT2D eigenvalue weighted by molar-refractivity contribution is 5.92. The van der Waals surface area contributed by atoms with Crippen LogP contribution in [0, 0.1) is 12.3 Å². The zero-order chi connectivity index (χ0) is 6.57. The molecule has 0 aliphatic carbocycles. The molecule has 0 heterocycles. The lowest BCUT2D eigenvalue weighted by molar-refractivity contribution is -0.135. The van der Waals surface area contributed by atoms with Crippen LogP contribution in [0.25, 0.3) is 0 Å². The lowest BCUT2D eigenvalue weighted by Gasteiger charge is -1.91. The molecule has 0 N–H and O–H groups in total.